The topological polar surface area (TPSA) is 79.2 Å². The van der Waals surface area contributed by atoms with E-state index in [1.807, 2.05) is 0 Å². The van der Waals surface area contributed by atoms with Crippen molar-refractivity contribution in [2.45, 2.75) is 11.8 Å². The molecule has 5 nitrogen and oxygen atoms in total. The number of hydrogen-bond donors (Lipinski definition) is 2. The van der Waals surface area contributed by atoms with Crippen molar-refractivity contribution in [1.82, 2.24) is 9.29 Å². The second kappa shape index (κ2) is 5.07. The lowest BCUT2D eigenvalue weighted by molar-refractivity contribution is 0.460. The molecule has 3 N–H and O–H groups in total. The van der Waals surface area contributed by atoms with Gasteiger partial charge in [0, 0.05) is 35.9 Å². The molecule has 2 aromatic rings. The Labute approximate surface area is 112 Å². The van der Waals surface area contributed by atoms with Crippen LogP contribution in [0.3, 0.4) is 0 Å². The van der Waals surface area contributed by atoms with Gasteiger partial charge in [0.1, 0.15) is 4.90 Å². The van der Waals surface area contributed by atoms with E-state index in [9.17, 15) is 8.42 Å². The summed E-state index contributed by atoms with van der Waals surface area (Å²) in [4.78, 5) is 3.21. The van der Waals surface area contributed by atoms with Gasteiger partial charge in [-0.2, -0.15) is 4.31 Å². The van der Waals surface area contributed by atoms with Crippen molar-refractivity contribution in [3.8, 4) is 0 Å². The molecule has 0 aliphatic carbocycles. The Kier molecular flexibility index (Phi) is 3.64. The molecule has 19 heavy (non-hydrogen) atoms. The normalized spacial score (nSPS) is 12.1. The monoisotopic (exact) mass is 279 g/mol. The number of fused-ring (bicyclic) bond motifs is 1. The van der Waals surface area contributed by atoms with Crippen molar-refractivity contribution in [3.05, 3.63) is 37.1 Å². The number of aromatic nitrogens is 1. The second-order valence-corrected chi connectivity index (χ2v) is 6.11. The summed E-state index contributed by atoms with van der Waals surface area (Å²) in [6.07, 6.45) is 3.08. The Morgan fingerprint density at radius 1 is 1.47 bits per heavy atom. The van der Waals surface area contributed by atoms with Crippen LogP contribution >= 0.6 is 0 Å². The molecule has 102 valence electrons. The molecule has 0 unspecified atom stereocenters. The molecule has 0 saturated heterocycles. The first-order valence-electron chi connectivity index (χ1n) is 5.98. The average molecular weight is 279 g/mol. The zero-order valence-electron chi connectivity index (χ0n) is 10.8. The molecule has 0 saturated carbocycles. The minimum Gasteiger partial charge on any atom is -0.399 e. The number of nitrogens with zero attached hydrogens (tertiary/aromatic N) is 1. The number of hydrogen-bond acceptors (Lipinski definition) is 3. The molecule has 0 aliphatic rings. The highest BCUT2D eigenvalue weighted by Gasteiger charge is 2.25. The van der Waals surface area contributed by atoms with Gasteiger partial charge < -0.3 is 10.7 Å². The van der Waals surface area contributed by atoms with Crippen molar-refractivity contribution in [2.24, 2.45) is 0 Å². The minimum atomic E-state index is -3.52. The van der Waals surface area contributed by atoms with E-state index in [4.69, 9.17) is 5.73 Å². The van der Waals surface area contributed by atoms with Crippen LogP contribution in [0.25, 0.3) is 10.9 Å². The van der Waals surface area contributed by atoms with E-state index in [1.165, 1.54) is 10.5 Å². The Hall–Kier alpha value is -1.79. The lowest BCUT2D eigenvalue weighted by atomic mass is 10.2. The van der Waals surface area contributed by atoms with Crippen LogP contribution in [-0.4, -0.2) is 30.8 Å². The number of sulfonamides is 1. The van der Waals surface area contributed by atoms with Crippen molar-refractivity contribution in [1.29, 1.82) is 0 Å². The van der Waals surface area contributed by atoms with Crippen LogP contribution in [0, 0.1) is 0 Å². The summed E-state index contributed by atoms with van der Waals surface area (Å²) in [7, 11) is -3.52. The van der Waals surface area contributed by atoms with E-state index in [2.05, 4.69) is 11.6 Å². The second-order valence-electron chi connectivity index (χ2n) is 4.20. The van der Waals surface area contributed by atoms with Gasteiger partial charge in [-0.15, -0.1) is 6.58 Å². The molecular formula is C13H17N3O2S. The largest absolute Gasteiger partial charge is 0.399 e. The molecule has 1 aromatic heterocycles. The van der Waals surface area contributed by atoms with Gasteiger partial charge in [0.25, 0.3) is 0 Å². The molecule has 0 spiro atoms. The van der Waals surface area contributed by atoms with Gasteiger partial charge in [-0.1, -0.05) is 13.0 Å². The van der Waals surface area contributed by atoms with E-state index < -0.39 is 10.0 Å². The third-order valence-electron chi connectivity index (χ3n) is 2.97. The fourth-order valence-corrected chi connectivity index (χ4v) is 3.59. The molecule has 0 radical (unpaired) electrons. The molecule has 0 bridgehead atoms. The standard InChI is InChI=1S/C13H17N3O2S/c1-3-7-16(4-2)19(17,18)13-9-15-12-8-10(14)5-6-11(12)13/h3,5-6,8-9,15H,1,4,7,14H2,2H3. The van der Waals surface area contributed by atoms with Crippen molar-refractivity contribution < 1.29 is 8.42 Å². The van der Waals surface area contributed by atoms with Crippen LogP contribution in [0.4, 0.5) is 5.69 Å². The smallest absolute Gasteiger partial charge is 0.245 e. The van der Waals surface area contributed by atoms with E-state index >= 15 is 0 Å². The van der Waals surface area contributed by atoms with Gasteiger partial charge in [0.2, 0.25) is 10.0 Å². The zero-order chi connectivity index (χ0) is 14.0. The number of anilines is 1. The third kappa shape index (κ3) is 2.36. The lowest BCUT2D eigenvalue weighted by Gasteiger charge is -2.18. The van der Waals surface area contributed by atoms with Crippen LogP contribution in [-0.2, 0) is 10.0 Å². The summed E-state index contributed by atoms with van der Waals surface area (Å²) in [6.45, 7) is 6.08. The Bertz CT molecular complexity index is 704. The predicted octanol–water partition coefficient (Wildman–Crippen LogP) is 1.95. The highest BCUT2D eigenvalue weighted by atomic mass is 32.2. The average Bonchev–Trinajstić information content (AvgIpc) is 2.79. The molecule has 0 fully saturated rings. The SMILES string of the molecule is C=CCN(CC)S(=O)(=O)c1c[nH]c2cc(N)ccc12. The summed E-state index contributed by atoms with van der Waals surface area (Å²) in [5, 5.41) is 0.650. The maximum Gasteiger partial charge on any atom is 0.245 e. The highest BCUT2D eigenvalue weighted by Crippen LogP contribution is 2.26. The number of nitrogen functional groups attached to an aromatic ring is 1. The predicted molar refractivity (Wildman–Crippen MR) is 77.3 cm³/mol. The van der Waals surface area contributed by atoms with Crippen LogP contribution in [0.5, 0.6) is 0 Å². The quantitative estimate of drug-likeness (QED) is 0.648. The van der Waals surface area contributed by atoms with Crippen LogP contribution in [0.2, 0.25) is 0 Å². The molecule has 0 atom stereocenters. The fraction of sp³-hybridized carbons (Fsp3) is 0.231. The first kappa shape index (κ1) is 13.6. The molecule has 2 rings (SSSR count). The highest BCUT2D eigenvalue weighted by molar-refractivity contribution is 7.89. The van der Waals surface area contributed by atoms with E-state index in [0.717, 1.165) is 0 Å². The maximum absolute atomic E-state index is 12.5. The van der Waals surface area contributed by atoms with Gasteiger partial charge in [-0.05, 0) is 18.2 Å². The summed E-state index contributed by atoms with van der Waals surface area (Å²) < 4.78 is 26.5. The van der Waals surface area contributed by atoms with Gasteiger partial charge in [-0.3, -0.25) is 0 Å². The number of nitrogens with one attached hydrogen (secondary N) is 1. The molecule has 1 heterocycles. The van der Waals surface area contributed by atoms with E-state index in [0.29, 0.717) is 29.7 Å². The summed E-state index contributed by atoms with van der Waals surface area (Å²) in [6, 6.07) is 5.13. The molecular weight excluding hydrogens is 262 g/mol. The molecule has 0 amide bonds. The molecule has 0 aliphatic heterocycles. The first-order valence-corrected chi connectivity index (χ1v) is 7.42. The Morgan fingerprint density at radius 3 is 2.84 bits per heavy atom. The van der Waals surface area contributed by atoms with Gasteiger partial charge in [0.15, 0.2) is 0 Å². The van der Waals surface area contributed by atoms with Gasteiger partial charge in [0.05, 0.1) is 0 Å². The summed E-state index contributed by atoms with van der Waals surface area (Å²) in [5.74, 6) is 0. The van der Waals surface area contributed by atoms with Crippen molar-refractivity contribution in [3.63, 3.8) is 0 Å². The first-order chi connectivity index (χ1) is 9.00. The number of likely N-dealkylation sites (N-methyl/N-ethyl adjacent to an activating group) is 1. The molecule has 6 heteroatoms. The Balaban J connectivity index is 2.57. The fourth-order valence-electron chi connectivity index (χ4n) is 2.01. The van der Waals surface area contributed by atoms with Crippen molar-refractivity contribution >= 4 is 26.6 Å². The minimum absolute atomic E-state index is 0.270. The van der Waals surface area contributed by atoms with Crippen molar-refractivity contribution in [2.75, 3.05) is 18.8 Å². The lowest BCUT2D eigenvalue weighted by Crippen LogP contribution is -2.30. The van der Waals surface area contributed by atoms with Gasteiger partial charge >= 0.3 is 0 Å². The summed E-state index contributed by atoms with van der Waals surface area (Å²) in [5.41, 5.74) is 6.99. The number of H-pyrrole nitrogens is 1. The molecule has 1 aromatic carbocycles. The number of rotatable bonds is 5. The van der Waals surface area contributed by atoms with E-state index in [1.54, 1.807) is 31.2 Å². The van der Waals surface area contributed by atoms with E-state index in [-0.39, 0.29) is 4.90 Å². The number of nitrogens with two attached hydrogens (primary N) is 1. The van der Waals surface area contributed by atoms with Crippen LogP contribution in [0.1, 0.15) is 6.92 Å². The Morgan fingerprint density at radius 2 is 2.21 bits per heavy atom. The van der Waals surface area contributed by atoms with Gasteiger partial charge in [-0.25, -0.2) is 8.42 Å². The third-order valence-corrected chi connectivity index (χ3v) is 4.95. The van der Waals surface area contributed by atoms with Crippen LogP contribution < -0.4 is 5.73 Å². The zero-order valence-corrected chi connectivity index (χ0v) is 11.6. The number of benzene rings is 1. The number of aromatic amines is 1. The maximum atomic E-state index is 12.5. The summed E-state index contributed by atoms with van der Waals surface area (Å²) >= 11 is 0. The van der Waals surface area contributed by atoms with Crippen LogP contribution in [0.15, 0.2) is 41.9 Å².